The molecule has 32 heavy (non-hydrogen) atoms. The van der Waals surface area contributed by atoms with Crippen LogP contribution in [0.3, 0.4) is 0 Å². The summed E-state index contributed by atoms with van der Waals surface area (Å²) >= 11 is 0. The molecule has 2 heterocycles. The molecule has 3 amide bonds. The summed E-state index contributed by atoms with van der Waals surface area (Å²) in [6.45, 7) is 3.85. The fourth-order valence-corrected chi connectivity index (χ4v) is 4.52. The van der Waals surface area contributed by atoms with Crippen molar-refractivity contribution in [2.45, 2.75) is 70.1 Å². The average Bonchev–Trinajstić information content (AvgIpc) is 3.23. The number of carbonyl (C=O) groups is 3. The Bertz CT molecular complexity index is 1010. The van der Waals surface area contributed by atoms with Crippen LogP contribution in [0.4, 0.5) is 0 Å². The van der Waals surface area contributed by atoms with Gasteiger partial charge in [-0.3, -0.25) is 19.1 Å². The maximum absolute atomic E-state index is 13.2. The summed E-state index contributed by atoms with van der Waals surface area (Å²) in [5.74, 6) is -0.850. The van der Waals surface area contributed by atoms with E-state index in [9.17, 15) is 14.4 Å². The van der Waals surface area contributed by atoms with Crippen LogP contribution in [0.1, 0.15) is 78.5 Å². The van der Waals surface area contributed by atoms with Crippen molar-refractivity contribution in [3.8, 4) is 0 Å². The Balaban J connectivity index is 1.50. The van der Waals surface area contributed by atoms with Crippen LogP contribution in [0.25, 0.3) is 0 Å². The van der Waals surface area contributed by atoms with Gasteiger partial charge in [-0.2, -0.15) is 5.10 Å². The molecule has 0 saturated heterocycles. The van der Waals surface area contributed by atoms with Crippen LogP contribution in [-0.2, 0) is 11.3 Å². The minimum Gasteiger partial charge on any atom is -0.351 e. The zero-order valence-corrected chi connectivity index (χ0v) is 18.9. The summed E-state index contributed by atoms with van der Waals surface area (Å²) < 4.78 is 1.49. The predicted molar refractivity (Wildman–Crippen MR) is 120 cm³/mol. The van der Waals surface area contributed by atoms with Crippen molar-refractivity contribution in [3.05, 3.63) is 53.3 Å². The first-order valence-corrected chi connectivity index (χ1v) is 11.3. The molecular formula is C24H31N5O3. The number of likely N-dealkylation sites (N-methyl/N-ethyl adjacent to an activating group) is 1. The van der Waals surface area contributed by atoms with Crippen LogP contribution in [0.2, 0.25) is 0 Å². The summed E-state index contributed by atoms with van der Waals surface area (Å²) in [6.07, 6.45) is 5.36. The number of nitrogens with zero attached hydrogens (tertiary/aromatic N) is 3. The second-order valence-electron chi connectivity index (χ2n) is 9.12. The molecule has 1 fully saturated rings. The molecule has 2 atom stereocenters. The standard InChI is InChI=1S/C24H31N5O3/c1-16(17-10-6-4-7-11-17)25-21(30)19-14-20-22(31)28(3)24(2,15-29(20)27-19)23(32)26-18-12-8-5-9-13-18/h4,6-7,10-11,14,16,18H,5,8-9,12-13,15H2,1-3H3,(H,25,30)(H,26,32)/t16-,24+/m1/s1. The number of benzene rings is 1. The second-order valence-corrected chi connectivity index (χ2v) is 9.12. The predicted octanol–water partition coefficient (Wildman–Crippen LogP) is 2.67. The van der Waals surface area contributed by atoms with Crippen molar-refractivity contribution in [3.63, 3.8) is 0 Å². The summed E-state index contributed by atoms with van der Waals surface area (Å²) in [6, 6.07) is 11.1. The van der Waals surface area contributed by atoms with Gasteiger partial charge in [-0.25, -0.2) is 0 Å². The molecule has 1 aliphatic heterocycles. The lowest BCUT2D eigenvalue weighted by atomic mass is 9.92. The first-order valence-electron chi connectivity index (χ1n) is 11.3. The summed E-state index contributed by atoms with van der Waals surface area (Å²) in [5, 5.41) is 10.4. The largest absolute Gasteiger partial charge is 0.351 e. The lowest BCUT2D eigenvalue weighted by Crippen LogP contribution is -2.63. The fraction of sp³-hybridized carbons (Fsp3) is 0.500. The van der Waals surface area contributed by atoms with Gasteiger partial charge in [-0.05, 0) is 32.3 Å². The fourth-order valence-electron chi connectivity index (χ4n) is 4.52. The third-order valence-electron chi connectivity index (χ3n) is 6.81. The number of fused-ring (bicyclic) bond motifs is 1. The molecule has 4 rings (SSSR count). The van der Waals surface area contributed by atoms with Crippen molar-refractivity contribution >= 4 is 17.7 Å². The summed E-state index contributed by atoms with van der Waals surface area (Å²) in [4.78, 5) is 40.5. The van der Waals surface area contributed by atoms with Crippen LogP contribution in [0, 0.1) is 0 Å². The molecule has 1 aromatic carbocycles. The van der Waals surface area contributed by atoms with Crippen molar-refractivity contribution in [1.29, 1.82) is 0 Å². The van der Waals surface area contributed by atoms with Crippen molar-refractivity contribution in [2.75, 3.05) is 7.05 Å². The molecule has 8 nitrogen and oxygen atoms in total. The van der Waals surface area contributed by atoms with Crippen LogP contribution >= 0.6 is 0 Å². The Morgan fingerprint density at radius 1 is 1.16 bits per heavy atom. The van der Waals surface area contributed by atoms with E-state index in [-0.39, 0.29) is 42.0 Å². The van der Waals surface area contributed by atoms with Gasteiger partial charge >= 0.3 is 0 Å². The second kappa shape index (κ2) is 8.76. The molecule has 1 saturated carbocycles. The van der Waals surface area contributed by atoms with Gasteiger partial charge < -0.3 is 15.5 Å². The smallest absolute Gasteiger partial charge is 0.272 e. The molecule has 2 N–H and O–H groups in total. The minimum atomic E-state index is -1.07. The highest BCUT2D eigenvalue weighted by Crippen LogP contribution is 2.27. The third-order valence-corrected chi connectivity index (χ3v) is 6.81. The van der Waals surface area contributed by atoms with Crippen molar-refractivity contribution in [2.24, 2.45) is 0 Å². The van der Waals surface area contributed by atoms with Crippen LogP contribution in [0.15, 0.2) is 36.4 Å². The van der Waals surface area contributed by atoms with E-state index in [0.29, 0.717) is 5.69 Å². The van der Waals surface area contributed by atoms with E-state index in [0.717, 1.165) is 31.2 Å². The summed E-state index contributed by atoms with van der Waals surface area (Å²) in [7, 11) is 1.64. The van der Waals surface area contributed by atoms with Gasteiger partial charge in [0.05, 0.1) is 12.6 Å². The molecular weight excluding hydrogens is 406 g/mol. The number of rotatable bonds is 5. The normalized spacial score (nSPS) is 22.2. The average molecular weight is 438 g/mol. The first kappa shape index (κ1) is 22.0. The lowest BCUT2D eigenvalue weighted by molar-refractivity contribution is -0.133. The SMILES string of the molecule is C[C@@H](NC(=O)c1cc2n(n1)C[C@@](C)(C(=O)NC1CCCCC1)N(C)C2=O)c1ccccc1. The quantitative estimate of drug-likeness (QED) is 0.752. The van der Waals surface area contributed by atoms with Gasteiger partial charge in [0.25, 0.3) is 11.8 Å². The first-order chi connectivity index (χ1) is 15.3. The van der Waals surface area contributed by atoms with E-state index >= 15 is 0 Å². The Hall–Kier alpha value is -3.16. The van der Waals surface area contributed by atoms with E-state index in [1.54, 1.807) is 14.0 Å². The van der Waals surface area contributed by atoms with E-state index in [1.807, 2.05) is 37.3 Å². The molecule has 2 aromatic rings. The van der Waals surface area contributed by atoms with E-state index in [2.05, 4.69) is 15.7 Å². The topological polar surface area (TPSA) is 96.3 Å². The number of aromatic nitrogens is 2. The van der Waals surface area contributed by atoms with Gasteiger partial charge in [-0.1, -0.05) is 49.6 Å². The minimum absolute atomic E-state index is 0.149. The monoisotopic (exact) mass is 437 g/mol. The van der Waals surface area contributed by atoms with Crippen LogP contribution in [0.5, 0.6) is 0 Å². The molecule has 1 aliphatic carbocycles. The maximum Gasteiger partial charge on any atom is 0.272 e. The van der Waals surface area contributed by atoms with Crippen LogP contribution in [-0.4, -0.2) is 51.0 Å². The molecule has 0 bridgehead atoms. The van der Waals surface area contributed by atoms with E-state index < -0.39 is 5.54 Å². The van der Waals surface area contributed by atoms with Gasteiger partial charge in [-0.15, -0.1) is 0 Å². The zero-order valence-electron chi connectivity index (χ0n) is 18.9. The number of amides is 3. The lowest BCUT2D eigenvalue weighted by Gasteiger charge is -2.41. The molecule has 0 unspecified atom stereocenters. The van der Waals surface area contributed by atoms with Crippen LogP contribution < -0.4 is 10.6 Å². The molecule has 2 aliphatic rings. The Morgan fingerprint density at radius 3 is 2.53 bits per heavy atom. The Morgan fingerprint density at radius 2 is 1.84 bits per heavy atom. The van der Waals surface area contributed by atoms with Crippen molar-refractivity contribution in [1.82, 2.24) is 25.3 Å². The van der Waals surface area contributed by atoms with Crippen molar-refractivity contribution < 1.29 is 14.4 Å². The molecule has 170 valence electrons. The number of nitrogens with one attached hydrogen (secondary N) is 2. The third kappa shape index (κ3) is 4.13. The van der Waals surface area contributed by atoms with Gasteiger partial charge in [0.2, 0.25) is 5.91 Å². The summed E-state index contributed by atoms with van der Waals surface area (Å²) in [5.41, 5.74) is 0.389. The molecule has 0 radical (unpaired) electrons. The van der Waals surface area contributed by atoms with E-state index in [1.165, 1.54) is 22.1 Å². The van der Waals surface area contributed by atoms with E-state index in [4.69, 9.17) is 0 Å². The van der Waals surface area contributed by atoms with Gasteiger partial charge in [0.15, 0.2) is 5.69 Å². The molecule has 8 heteroatoms. The Kier molecular flexibility index (Phi) is 6.04. The number of hydrogen-bond donors (Lipinski definition) is 2. The highest BCUT2D eigenvalue weighted by Gasteiger charge is 2.46. The number of carbonyl (C=O) groups excluding carboxylic acids is 3. The van der Waals surface area contributed by atoms with Gasteiger partial charge in [0, 0.05) is 19.2 Å². The number of hydrogen-bond acceptors (Lipinski definition) is 4. The zero-order chi connectivity index (χ0) is 22.9. The highest BCUT2D eigenvalue weighted by molar-refractivity contribution is 6.01. The molecule has 1 aromatic heterocycles. The van der Waals surface area contributed by atoms with Gasteiger partial charge in [0.1, 0.15) is 11.2 Å². The molecule has 0 spiro atoms. The Labute approximate surface area is 188 Å². The maximum atomic E-state index is 13.2. The highest BCUT2D eigenvalue weighted by atomic mass is 16.2.